The van der Waals surface area contributed by atoms with Crippen molar-refractivity contribution in [1.82, 2.24) is 0 Å². The van der Waals surface area contributed by atoms with Crippen molar-refractivity contribution in [3.8, 4) is 5.75 Å². The molecule has 0 atom stereocenters. The molecule has 108 valence electrons. The van der Waals surface area contributed by atoms with E-state index in [0.29, 0.717) is 12.3 Å². The van der Waals surface area contributed by atoms with Crippen LogP contribution in [0.4, 0.5) is 5.69 Å². The maximum atomic E-state index is 9.89. The fraction of sp³-hybridized carbons (Fsp3) is 0.176. The summed E-state index contributed by atoms with van der Waals surface area (Å²) in [6.07, 6.45) is 2.06. The van der Waals surface area contributed by atoms with E-state index in [-0.39, 0.29) is 0 Å². The van der Waals surface area contributed by atoms with Gasteiger partial charge in [0, 0.05) is 16.5 Å². The summed E-state index contributed by atoms with van der Waals surface area (Å²) in [6.45, 7) is 0.628. The number of phenols is 1. The van der Waals surface area contributed by atoms with E-state index < -0.39 is 0 Å². The van der Waals surface area contributed by atoms with Gasteiger partial charge in [-0.3, -0.25) is 0 Å². The van der Waals surface area contributed by atoms with Crippen LogP contribution < -0.4 is 5.32 Å². The number of nitrogens with one attached hydrogen (secondary N) is 1. The second-order valence-electron chi connectivity index (χ2n) is 4.83. The molecule has 1 aromatic heterocycles. The summed E-state index contributed by atoms with van der Waals surface area (Å²) in [6, 6.07) is 15.4. The lowest BCUT2D eigenvalue weighted by Crippen LogP contribution is -1.98. The summed E-state index contributed by atoms with van der Waals surface area (Å²) in [5, 5.41) is 15.1. The van der Waals surface area contributed by atoms with E-state index in [1.807, 2.05) is 42.5 Å². The molecule has 0 saturated carbocycles. The number of fused-ring (bicyclic) bond motifs is 1. The van der Waals surface area contributed by atoms with Gasteiger partial charge in [0.15, 0.2) is 0 Å². The van der Waals surface area contributed by atoms with Crippen LogP contribution in [-0.2, 0) is 12.3 Å². The molecule has 3 aromatic rings. The zero-order chi connectivity index (χ0) is 14.7. The number of hydrogen-bond donors (Lipinski definition) is 2. The standard InChI is InChI=1S/C17H17NO2S/c1-21-11-13-9-8-12(20-13)10-18-16-6-2-5-15-14(16)4-3-7-17(15)19/h2-9,18-19H,10-11H2,1H3. The van der Waals surface area contributed by atoms with E-state index in [2.05, 4.69) is 11.6 Å². The van der Waals surface area contributed by atoms with Crippen molar-refractivity contribution in [3.63, 3.8) is 0 Å². The highest BCUT2D eigenvalue weighted by Crippen LogP contribution is 2.30. The first-order valence-corrected chi connectivity index (χ1v) is 8.18. The van der Waals surface area contributed by atoms with Crippen LogP contribution in [0.1, 0.15) is 11.5 Å². The molecule has 21 heavy (non-hydrogen) atoms. The first kappa shape index (κ1) is 13.9. The van der Waals surface area contributed by atoms with Crippen LogP contribution >= 0.6 is 11.8 Å². The van der Waals surface area contributed by atoms with Gasteiger partial charge in [0.1, 0.15) is 17.3 Å². The Bertz CT molecular complexity index is 751. The zero-order valence-electron chi connectivity index (χ0n) is 11.8. The van der Waals surface area contributed by atoms with Gasteiger partial charge in [-0.05, 0) is 30.5 Å². The van der Waals surface area contributed by atoms with E-state index in [9.17, 15) is 5.11 Å². The molecule has 4 heteroatoms. The van der Waals surface area contributed by atoms with Gasteiger partial charge in [0.2, 0.25) is 0 Å². The van der Waals surface area contributed by atoms with Crippen molar-refractivity contribution < 1.29 is 9.52 Å². The van der Waals surface area contributed by atoms with Crippen LogP contribution in [-0.4, -0.2) is 11.4 Å². The summed E-state index contributed by atoms with van der Waals surface area (Å²) in [4.78, 5) is 0. The Balaban J connectivity index is 1.80. The number of rotatable bonds is 5. The molecule has 0 radical (unpaired) electrons. The number of anilines is 1. The number of aromatic hydroxyl groups is 1. The highest BCUT2D eigenvalue weighted by molar-refractivity contribution is 7.97. The van der Waals surface area contributed by atoms with Crippen LogP contribution in [0.25, 0.3) is 10.8 Å². The SMILES string of the molecule is CSCc1ccc(CNc2cccc3c(O)cccc23)o1. The average Bonchev–Trinajstić information content (AvgIpc) is 2.94. The predicted octanol–water partition coefficient (Wildman–Crippen LogP) is 4.61. The lowest BCUT2D eigenvalue weighted by Gasteiger charge is -2.09. The fourth-order valence-electron chi connectivity index (χ4n) is 2.37. The molecule has 0 aliphatic heterocycles. The molecule has 0 bridgehead atoms. The van der Waals surface area contributed by atoms with Gasteiger partial charge in [-0.25, -0.2) is 0 Å². The summed E-state index contributed by atoms with van der Waals surface area (Å²) in [5.41, 5.74) is 0.992. The molecule has 2 N–H and O–H groups in total. The lowest BCUT2D eigenvalue weighted by molar-refractivity contribution is 0.481. The summed E-state index contributed by atoms with van der Waals surface area (Å²) in [5.74, 6) is 3.10. The van der Waals surface area contributed by atoms with Gasteiger partial charge >= 0.3 is 0 Å². The smallest absolute Gasteiger partial charge is 0.123 e. The van der Waals surface area contributed by atoms with Crippen LogP contribution in [0, 0.1) is 0 Å². The van der Waals surface area contributed by atoms with Crippen LogP contribution in [0.2, 0.25) is 0 Å². The molecule has 0 aliphatic rings. The van der Waals surface area contributed by atoms with Crippen molar-refractivity contribution in [2.45, 2.75) is 12.3 Å². The molecular weight excluding hydrogens is 282 g/mol. The van der Waals surface area contributed by atoms with Crippen molar-refractivity contribution in [1.29, 1.82) is 0 Å². The zero-order valence-corrected chi connectivity index (χ0v) is 12.6. The molecule has 0 fully saturated rings. The first-order chi connectivity index (χ1) is 10.3. The summed E-state index contributed by atoms with van der Waals surface area (Å²) in [7, 11) is 0. The molecule has 0 unspecified atom stereocenters. The van der Waals surface area contributed by atoms with Crippen molar-refractivity contribution >= 4 is 28.2 Å². The van der Waals surface area contributed by atoms with Gasteiger partial charge in [0.25, 0.3) is 0 Å². The van der Waals surface area contributed by atoms with E-state index >= 15 is 0 Å². The molecular formula is C17H17NO2S. The highest BCUT2D eigenvalue weighted by atomic mass is 32.2. The molecule has 0 aliphatic carbocycles. The lowest BCUT2D eigenvalue weighted by atomic mass is 10.1. The second kappa shape index (κ2) is 6.14. The minimum atomic E-state index is 0.302. The minimum Gasteiger partial charge on any atom is -0.507 e. The van der Waals surface area contributed by atoms with E-state index in [1.54, 1.807) is 17.8 Å². The highest BCUT2D eigenvalue weighted by Gasteiger charge is 2.05. The summed E-state index contributed by atoms with van der Waals surface area (Å²) >= 11 is 1.74. The second-order valence-corrected chi connectivity index (χ2v) is 5.70. The molecule has 1 heterocycles. The molecule has 0 saturated heterocycles. The van der Waals surface area contributed by atoms with E-state index in [0.717, 1.165) is 33.7 Å². The number of thioether (sulfide) groups is 1. The van der Waals surface area contributed by atoms with Crippen LogP contribution in [0.15, 0.2) is 52.9 Å². The maximum Gasteiger partial charge on any atom is 0.123 e. The molecule has 3 rings (SSSR count). The molecule has 0 spiro atoms. The quantitative estimate of drug-likeness (QED) is 0.722. The van der Waals surface area contributed by atoms with Gasteiger partial charge in [-0.2, -0.15) is 11.8 Å². The number of phenolic OH excluding ortho intramolecular Hbond substituents is 1. The molecule has 2 aromatic carbocycles. The Morgan fingerprint density at radius 3 is 2.62 bits per heavy atom. The number of benzene rings is 2. The Labute approximate surface area is 128 Å². The Kier molecular flexibility index (Phi) is 4.06. The Morgan fingerprint density at radius 2 is 1.76 bits per heavy atom. The Hall–Kier alpha value is -2.07. The van der Waals surface area contributed by atoms with Crippen molar-refractivity contribution in [3.05, 3.63) is 60.1 Å². The monoisotopic (exact) mass is 299 g/mol. The predicted molar refractivity (Wildman–Crippen MR) is 88.9 cm³/mol. The largest absolute Gasteiger partial charge is 0.507 e. The van der Waals surface area contributed by atoms with Crippen molar-refractivity contribution in [2.75, 3.05) is 11.6 Å². The molecule has 0 amide bonds. The Morgan fingerprint density at radius 1 is 1.00 bits per heavy atom. The first-order valence-electron chi connectivity index (χ1n) is 6.79. The fourth-order valence-corrected chi connectivity index (χ4v) is 2.81. The van der Waals surface area contributed by atoms with Gasteiger partial charge in [-0.1, -0.05) is 24.3 Å². The minimum absolute atomic E-state index is 0.302. The van der Waals surface area contributed by atoms with E-state index in [4.69, 9.17) is 4.42 Å². The molecule has 3 nitrogen and oxygen atoms in total. The third-order valence-electron chi connectivity index (χ3n) is 3.36. The van der Waals surface area contributed by atoms with Crippen molar-refractivity contribution in [2.24, 2.45) is 0 Å². The third kappa shape index (κ3) is 3.00. The topological polar surface area (TPSA) is 45.4 Å². The summed E-state index contributed by atoms with van der Waals surface area (Å²) < 4.78 is 5.75. The maximum absolute atomic E-state index is 9.89. The van der Waals surface area contributed by atoms with Gasteiger partial charge in [-0.15, -0.1) is 0 Å². The van der Waals surface area contributed by atoms with E-state index in [1.165, 1.54) is 0 Å². The average molecular weight is 299 g/mol. The van der Waals surface area contributed by atoms with Gasteiger partial charge < -0.3 is 14.8 Å². The third-order valence-corrected chi connectivity index (χ3v) is 3.93. The number of furan rings is 1. The van der Waals surface area contributed by atoms with Crippen LogP contribution in [0.5, 0.6) is 5.75 Å². The normalized spacial score (nSPS) is 10.9. The van der Waals surface area contributed by atoms with Crippen LogP contribution in [0.3, 0.4) is 0 Å². The van der Waals surface area contributed by atoms with Gasteiger partial charge in [0.05, 0.1) is 12.3 Å². The number of hydrogen-bond acceptors (Lipinski definition) is 4.